The van der Waals surface area contributed by atoms with Gasteiger partial charge in [-0.2, -0.15) is 4.31 Å². The van der Waals surface area contributed by atoms with Gasteiger partial charge in [0.15, 0.2) is 11.0 Å². The average Bonchev–Trinajstić information content (AvgIpc) is 3.69. The number of nitrogens with one attached hydrogen (secondary N) is 1. The fraction of sp³-hybridized carbons (Fsp3) is 0.240. The van der Waals surface area contributed by atoms with Gasteiger partial charge in [0.25, 0.3) is 0 Å². The number of sulfonamides is 1. The molecule has 0 atom stereocenters. The summed E-state index contributed by atoms with van der Waals surface area (Å²) < 4.78 is 34.9. The second-order valence-electron chi connectivity index (χ2n) is 8.26. The van der Waals surface area contributed by atoms with Crippen molar-refractivity contribution in [3.8, 4) is 17.1 Å². The largest absolute Gasteiger partial charge is 0.467 e. The van der Waals surface area contributed by atoms with E-state index in [-0.39, 0.29) is 16.6 Å². The normalized spacial score (nSPS) is 14.2. The molecule has 36 heavy (non-hydrogen) atoms. The molecule has 1 aliphatic rings. The van der Waals surface area contributed by atoms with E-state index in [2.05, 4.69) is 15.5 Å². The number of para-hydroxylation sites is 1. The Kier molecular flexibility index (Phi) is 7.21. The summed E-state index contributed by atoms with van der Waals surface area (Å²) >= 11 is 1.25. The standard InChI is InChI=1S/C25H25N5O4S2/c31-23(26-17-21-11-7-15-34-21)18-35-25-28-27-24(30(25)20-9-2-1-3-10-20)19-8-6-12-22(16-19)36(32,33)29-13-4-5-14-29/h1-3,6-12,15-16H,4-5,13-14,17-18H2,(H,26,31). The Morgan fingerprint density at radius 2 is 1.81 bits per heavy atom. The van der Waals surface area contributed by atoms with E-state index in [9.17, 15) is 13.2 Å². The first kappa shape index (κ1) is 24.3. The molecule has 1 aliphatic heterocycles. The predicted molar refractivity (Wildman–Crippen MR) is 136 cm³/mol. The SMILES string of the molecule is O=C(CSc1nnc(-c2cccc(S(=O)(=O)N3CCCC3)c2)n1-c1ccccc1)NCc1ccco1. The Morgan fingerprint density at radius 3 is 2.56 bits per heavy atom. The molecule has 4 aromatic rings. The molecule has 0 saturated carbocycles. The molecule has 1 fully saturated rings. The van der Waals surface area contributed by atoms with Crippen LogP contribution in [0.25, 0.3) is 17.1 Å². The lowest BCUT2D eigenvalue weighted by atomic mass is 10.2. The number of benzene rings is 2. The maximum Gasteiger partial charge on any atom is 0.243 e. The molecule has 186 valence electrons. The number of rotatable bonds is 9. The Labute approximate surface area is 213 Å². The zero-order chi connectivity index (χ0) is 25.0. The number of furan rings is 1. The molecule has 5 rings (SSSR count). The number of hydrogen-bond donors (Lipinski definition) is 1. The van der Waals surface area contributed by atoms with Crippen molar-refractivity contribution in [2.24, 2.45) is 0 Å². The van der Waals surface area contributed by atoms with Crippen molar-refractivity contribution in [1.29, 1.82) is 0 Å². The van der Waals surface area contributed by atoms with Gasteiger partial charge in [-0.05, 0) is 49.2 Å². The second kappa shape index (κ2) is 10.7. The van der Waals surface area contributed by atoms with Gasteiger partial charge in [-0.15, -0.1) is 10.2 Å². The van der Waals surface area contributed by atoms with E-state index in [1.165, 1.54) is 16.1 Å². The van der Waals surface area contributed by atoms with E-state index < -0.39 is 10.0 Å². The van der Waals surface area contributed by atoms with E-state index in [4.69, 9.17) is 4.42 Å². The Bertz CT molecular complexity index is 1430. The molecule has 0 bridgehead atoms. The van der Waals surface area contributed by atoms with Crippen LogP contribution in [0.1, 0.15) is 18.6 Å². The lowest BCUT2D eigenvalue weighted by Gasteiger charge is -2.16. The van der Waals surface area contributed by atoms with Gasteiger partial charge < -0.3 is 9.73 Å². The van der Waals surface area contributed by atoms with Crippen molar-refractivity contribution >= 4 is 27.7 Å². The lowest BCUT2D eigenvalue weighted by molar-refractivity contribution is -0.118. The van der Waals surface area contributed by atoms with E-state index in [1.807, 2.05) is 41.0 Å². The summed E-state index contributed by atoms with van der Waals surface area (Å²) in [5.74, 6) is 1.14. The molecular weight excluding hydrogens is 498 g/mol. The molecule has 3 heterocycles. The number of carbonyl (C=O) groups is 1. The number of thioether (sulfide) groups is 1. The van der Waals surface area contributed by atoms with Crippen molar-refractivity contribution in [3.05, 3.63) is 78.8 Å². The molecule has 11 heteroatoms. The zero-order valence-corrected chi connectivity index (χ0v) is 21.0. The van der Waals surface area contributed by atoms with Crippen LogP contribution in [0.2, 0.25) is 0 Å². The number of carbonyl (C=O) groups excluding carboxylic acids is 1. The van der Waals surface area contributed by atoms with Crippen molar-refractivity contribution in [2.45, 2.75) is 29.4 Å². The minimum absolute atomic E-state index is 0.134. The van der Waals surface area contributed by atoms with Crippen LogP contribution in [0.3, 0.4) is 0 Å². The predicted octanol–water partition coefficient (Wildman–Crippen LogP) is 3.72. The van der Waals surface area contributed by atoms with Gasteiger partial charge in [0.05, 0.1) is 23.5 Å². The van der Waals surface area contributed by atoms with Crippen molar-refractivity contribution in [2.75, 3.05) is 18.8 Å². The van der Waals surface area contributed by atoms with Gasteiger partial charge in [0, 0.05) is 24.3 Å². The van der Waals surface area contributed by atoms with Crippen molar-refractivity contribution in [1.82, 2.24) is 24.4 Å². The highest BCUT2D eigenvalue weighted by Gasteiger charge is 2.28. The molecular formula is C25H25N5O4S2. The van der Waals surface area contributed by atoms with E-state index >= 15 is 0 Å². The van der Waals surface area contributed by atoms with Gasteiger partial charge in [-0.3, -0.25) is 9.36 Å². The molecule has 1 saturated heterocycles. The summed E-state index contributed by atoms with van der Waals surface area (Å²) in [6.07, 6.45) is 3.30. The molecule has 0 aliphatic carbocycles. The fourth-order valence-electron chi connectivity index (χ4n) is 4.01. The van der Waals surface area contributed by atoms with Crippen LogP contribution in [-0.4, -0.2) is 52.2 Å². The number of aromatic nitrogens is 3. The summed E-state index contributed by atoms with van der Waals surface area (Å²) in [4.78, 5) is 12.6. The van der Waals surface area contributed by atoms with E-state index in [1.54, 1.807) is 36.6 Å². The third-order valence-corrected chi connectivity index (χ3v) is 8.64. The molecule has 1 amide bonds. The van der Waals surface area contributed by atoms with Gasteiger partial charge in [-0.25, -0.2) is 8.42 Å². The number of amides is 1. The van der Waals surface area contributed by atoms with Gasteiger partial charge >= 0.3 is 0 Å². The number of hydrogen-bond acceptors (Lipinski definition) is 7. The first-order valence-corrected chi connectivity index (χ1v) is 14.0. The zero-order valence-electron chi connectivity index (χ0n) is 19.4. The van der Waals surface area contributed by atoms with Crippen LogP contribution < -0.4 is 5.32 Å². The topological polar surface area (TPSA) is 110 Å². The van der Waals surface area contributed by atoms with E-state index in [0.717, 1.165) is 18.5 Å². The highest BCUT2D eigenvalue weighted by Crippen LogP contribution is 2.30. The maximum absolute atomic E-state index is 13.1. The van der Waals surface area contributed by atoms with Crippen molar-refractivity contribution in [3.63, 3.8) is 0 Å². The van der Waals surface area contributed by atoms with Gasteiger partial charge in [0.1, 0.15) is 5.76 Å². The van der Waals surface area contributed by atoms with Crippen LogP contribution >= 0.6 is 11.8 Å². The highest BCUT2D eigenvalue weighted by atomic mass is 32.2. The van der Waals surface area contributed by atoms with Gasteiger partial charge in [0.2, 0.25) is 15.9 Å². The minimum atomic E-state index is -3.58. The van der Waals surface area contributed by atoms with Crippen LogP contribution in [0.5, 0.6) is 0 Å². The first-order valence-electron chi connectivity index (χ1n) is 11.6. The quantitative estimate of drug-likeness (QED) is 0.333. The molecule has 2 aromatic heterocycles. The third kappa shape index (κ3) is 5.23. The minimum Gasteiger partial charge on any atom is -0.467 e. The van der Waals surface area contributed by atoms with E-state index in [0.29, 0.717) is 41.9 Å². The van der Waals surface area contributed by atoms with Crippen molar-refractivity contribution < 1.29 is 17.6 Å². The Balaban J connectivity index is 1.42. The van der Waals surface area contributed by atoms with Crippen LogP contribution in [0, 0.1) is 0 Å². The molecule has 0 spiro atoms. The highest BCUT2D eigenvalue weighted by molar-refractivity contribution is 7.99. The van der Waals surface area contributed by atoms with Crippen LogP contribution in [0.4, 0.5) is 0 Å². The molecule has 0 radical (unpaired) electrons. The monoisotopic (exact) mass is 523 g/mol. The first-order chi connectivity index (χ1) is 17.5. The Hall–Kier alpha value is -3.41. The maximum atomic E-state index is 13.1. The summed E-state index contributed by atoms with van der Waals surface area (Å²) in [6, 6.07) is 19.9. The Morgan fingerprint density at radius 1 is 1.00 bits per heavy atom. The third-order valence-electron chi connectivity index (χ3n) is 5.82. The van der Waals surface area contributed by atoms with Crippen LogP contribution in [0.15, 0.2) is 87.5 Å². The smallest absolute Gasteiger partial charge is 0.243 e. The molecule has 0 unspecified atom stereocenters. The molecule has 2 aromatic carbocycles. The second-order valence-corrected chi connectivity index (χ2v) is 11.1. The number of nitrogens with zero attached hydrogens (tertiary/aromatic N) is 4. The summed E-state index contributed by atoms with van der Waals surface area (Å²) in [6.45, 7) is 1.38. The lowest BCUT2D eigenvalue weighted by Crippen LogP contribution is -2.27. The van der Waals surface area contributed by atoms with Crippen LogP contribution in [-0.2, 0) is 21.4 Å². The van der Waals surface area contributed by atoms with Gasteiger partial charge in [-0.1, -0.05) is 42.1 Å². The average molecular weight is 524 g/mol. The molecule has 9 nitrogen and oxygen atoms in total. The summed E-state index contributed by atoms with van der Waals surface area (Å²) in [5, 5.41) is 12.1. The summed E-state index contributed by atoms with van der Waals surface area (Å²) in [5.41, 5.74) is 1.43. The fourth-order valence-corrected chi connectivity index (χ4v) is 6.36. The summed E-state index contributed by atoms with van der Waals surface area (Å²) in [7, 11) is -3.58. The molecule has 1 N–H and O–H groups in total.